The van der Waals surface area contributed by atoms with E-state index in [1.54, 1.807) is 57.2 Å². The van der Waals surface area contributed by atoms with E-state index in [2.05, 4.69) is 4.99 Å². The highest BCUT2D eigenvalue weighted by Gasteiger charge is 2.34. The summed E-state index contributed by atoms with van der Waals surface area (Å²) in [5, 5.41) is 11.3. The predicted molar refractivity (Wildman–Crippen MR) is 158 cm³/mol. The number of nitrogens with zero attached hydrogens (tertiary/aromatic N) is 3. The summed E-state index contributed by atoms with van der Waals surface area (Å²) in [6.45, 7) is 7.63. The van der Waals surface area contributed by atoms with E-state index in [0.29, 0.717) is 50.0 Å². The molecular weight excluding hydrogens is 582 g/mol. The number of aromatic nitrogens is 1. The van der Waals surface area contributed by atoms with E-state index in [1.165, 1.54) is 16.7 Å². The third-order valence-electron chi connectivity index (χ3n) is 6.42. The Bertz CT molecular complexity index is 1900. The van der Waals surface area contributed by atoms with Gasteiger partial charge in [0.05, 0.1) is 39.5 Å². The normalized spacial score (nSPS) is 15.0. The molecule has 3 heterocycles. The SMILES string of the molecule is CCOc1ccc([C@@H]2C(C(=O)OC(C)C)=C(C)N=c3s/c(=C/c4ccc(-c5ccc(Cl)c([N+](=O)[O-])c5)o4)c(=O)n32)cc1. The van der Waals surface area contributed by atoms with E-state index in [4.69, 9.17) is 25.5 Å². The predicted octanol–water partition coefficient (Wildman–Crippen LogP) is 5.41. The molecule has 0 aliphatic carbocycles. The van der Waals surface area contributed by atoms with Gasteiger partial charge in [0.15, 0.2) is 4.80 Å². The minimum absolute atomic E-state index is 0.0191. The van der Waals surface area contributed by atoms with Gasteiger partial charge in [-0.25, -0.2) is 9.79 Å². The maximum Gasteiger partial charge on any atom is 0.338 e. The Labute approximate surface area is 248 Å². The van der Waals surface area contributed by atoms with Gasteiger partial charge in [0.2, 0.25) is 0 Å². The number of nitro benzene ring substituents is 1. The molecule has 0 spiro atoms. The number of hydrogen-bond acceptors (Lipinski definition) is 9. The van der Waals surface area contributed by atoms with Crippen LogP contribution in [0.25, 0.3) is 17.4 Å². The maximum absolute atomic E-state index is 13.9. The summed E-state index contributed by atoms with van der Waals surface area (Å²) in [6.07, 6.45) is 1.22. The van der Waals surface area contributed by atoms with Crippen LogP contribution in [-0.4, -0.2) is 28.2 Å². The molecule has 0 saturated carbocycles. The fourth-order valence-corrected chi connectivity index (χ4v) is 5.82. The van der Waals surface area contributed by atoms with Crippen molar-refractivity contribution in [3.8, 4) is 17.1 Å². The number of carbonyl (C=O) groups is 1. The number of nitro groups is 1. The lowest BCUT2D eigenvalue weighted by Crippen LogP contribution is -2.40. The van der Waals surface area contributed by atoms with E-state index in [1.807, 2.05) is 19.1 Å². The second kappa shape index (κ2) is 11.8. The highest BCUT2D eigenvalue weighted by Crippen LogP contribution is 2.33. The summed E-state index contributed by atoms with van der Waals surface area (Å²) in [5.74, 6) is 0.851. The van der Waals surface area contributed by atoms with Crippen LogP contribution in [0.5, 0.6) is 5.75 Å². The number of hydrogen-bond donors (Lipinski definition) is 0. The third kappa shape index (κ3) is 5.65. The van der Waals surface area contributed by atoms with Crippen molar-refractivity contribution in [1.29, 1.82) is 0 Å². The number of halogens is 1. The van der Waals surface area contributed by atoms with Gasteiger partial charge in [-0.05, 0) is 69.7 Å². The minimum Gasteiger partial charge on any atom is -0.494 e. The fraction of sp³-hybridized carbons (Fsp3) is 0.233. The maximum atomic E-state index is 13.9. The second-order valence-corrected chi connectivity index (χ2v) is 11.1. The molecule has 1 aliphatic rings. The molecule has 216 valence electrons. The van der Waals surface area contributed by atoms with Crippen LogP contribution in [0.3, 0.4) is 0 Å². The van der Waals surface area contributed by atoms with Gasteiger partial charge >= 0.3 is 5.97 Å². The zero-order chi connectivity index (χ0) is 30.1. The van der Waals surface area contributed by atoms with Crippen molar-refractivity contribution in [3.63, 3.8) is 0 Å². The number of esters is 1. The van der Waals surface area contributed by atoms with E-state index in [9.17, 15) is 19.7 Å². The molecule has 0 amide bonds. The van der Waals surface area contributed by atoms with Crippen LogP contribution in [0, 0.1) is 10.1 Å². The zero-order valence-electron chi connectivity index (χ0n) is 23.1. The molecule has 42 heavy (non-hydrogen) atoms. The van der Waals surface area contributed by atoms with Crippen LogP contribution in [0.1, 0.15) is 45.1 Å². The van der Waals surface area contributed by atoms with Crippen molar-refractivity contribution in [3.05, 3.63) is 112 Å². The van der Waals surface area contributed by atoms with Gasteiger partial charge in [0.1, 0.15) is 22.3 Å². The monoisotopic (exact) mass is 607 g/mol. The fourth-order valence-electron chi connectivity index (χ4n) is 4.61. The number of thiazole rings is 1. The first kappa shape index (κ1) is 29.0. The largest absolute Gasteiger partial charge is 0.494 e. The highest BCUT2D eigenvalue weighted by atomic mass is 35.5. The number of fused-ring (bicyclic) bond motifs is 1. The number of rotatable bonds is 8. The molecule has 10 nitrogen and oxygen atoms in total. The third-order valence-corrected chi connectivity index (χ3v) is 7.72. The molecule has 1 atom stereocenters. The summed E-state index contributed by atoms with van der Waals surface area (Å²) in [6, 6.07) is 14.1. The van der Waals surface area contributed by atoms with Crippen molar-refractivity contribution in [2.45, 2.75) is 39.8 Å². The summed E-state index contributed by atoms with van der Waals surface area (Å²) in [5.41, 5.74) is 1.29. The van der Waals surface area contributed by atoms with Gasteiger partial charge < -0.3 is 13.9 Å². The summed E-state index contributed by atoms with van der Waals surface area (Å²) in [7, 11) is 0. The first-order valence-corrected chi connectivity index (χ1v) is 14.3. The standard InChI is InChI=1S/C30H26ClN3O7S/c1-5-39-20-9-6-18(7-10-20)27-26(29(36)40-16(2)3)17(4)32-30-33(27)28(35)25(42-30)15-21-11-13-24(41-21)19-8-12-22(31)23(14-19)34(37)38/h6-16,27H,5H2,1-4H3/b25-15+/t27-/m1/s1. The number of benzene rings is 2. The number of allylic oxidation sites excluding steroid dienone is 1. The molecule has 0 saturated heterocycles. The molecule has 0 radical (unpaired) electrons. The molecule has 2 aromatic carbocycles. The summed E-state index contributed by atoms with van der Waals surface area (Å²) < 4.78 is 18.9. The van der Waals surface area contributed by atoms with E-state index >= 15 is 0 Å². The number of ether oxygens (including phenoxy) is 2. The van der Waals surface area contributed by atoms with E-state index in [-0.39, 0.29) is 27.9 Å². The number of furan rings is 1. The zero-order valence-corrected chi connectivity index (χ0v) is 24.7. The Hall–Kier alpha value is -4.48. The van der Waals surface area contributed by atoms with Gasteiger partial charge in [-0.2, -0.15) is 0 Å². The van der Waals surface area contributed by atoms with Crippen LogP contribution in [0.15, 0.2) is 80.1 Å². The van der Waals surface area contributed by atoms with Crippen molar-refractivity contribution in [1.82, 2.24) is 4.57 Å². The molecule has 0 unspecified atom stereocenters. The van der Waals surface area contributed by atoms with Gasteiger partial charge in [-0.3, -0.25) is 19.5 Å². The lowest BCUT2D eigenvalue weighted by molar-refractivity contribution is -0.384. The Morgan fingerprint density at radius 2 is 1.95 bits per heavy atom. The molecule has 12 heteroatoms. The molecule has 0 bridgehead atoms. The molecular formula is C30H26ClN3O7S. The summed E-state index contributed by atoms with van der Waals surface area (Å²) in [4.78, 5) is 42.9. The Morgan fingerprint density at radius 1 is 1.21 bits per heavy atom. The molecule has 1 aliphatic heterocycles. The lowest BCUT2D eigenvalue weighted by Gasteiger charge is -2.25. The van der Waals surface area contributed by atoms with Gasteiger partial charge in [0.25, 0.3) is 11.2 Å². The van der Waals surface area contributed by atoms with Gasteiger partial charge in [-0.1, -0.05) is 35.1 Å². The smallest absolute Gasteiger partial charge is 0.338 e. The van der Waals surface area contributed by atoms with Crippen LogP contribution in [0.4, 0.5) is 5.69 Å². The van der Waals surface area contributed by atoms with Gasteiger partial charge in [-0.15, -0.1) is 0 Å². The van der Waals surface area contributed by atoms with Crippen molar-refractivity contribution < 1.29 is 23.6 Å². The molecule has 4 aromatic rings. The second-order valence-electron chi connectivity index (χ2n) is 9.66. The van der Waals surface area contributed by atoms with Crippen LogP contribution in [0.2, 0.25) is 5.02 Å². The molecule has 5 rings (SSSR count). The van der Waals surface area contributed by atoms with Crippen molar-refractivity contribution in [2.75, 3.05) is 6.61 Å². The highest BCUT2D eigenvalue weighted by molar-refractivity contribution is 7.07. The van der Waals surface area contributed by atoms with Crippen LogP contribution < -0.4 is 19.6 Å². The van der Waals surface area contributed by atoms with Crippen LogP contribution in [-0.2, 0) is 9.53 Å². The first-order valence-electron chi connectivity index (χ1n) is 13.1. The molecule has 0 N–H and O–H groups in total. The van der Waals surface area contributed by atoms with Crippen LogP contribution >= 0.6 is 22.9 Å². The average molecular weight is 608 g/mol. The summed E-state index contributed by atoms with van der Waals surface area (Å²) >= 11 is 7.10. The Balaban J connectivity index is 1.60. The molecule has 2 aromatic heterocycles. The molecule has 0 fully saturated rings. The first-order chi connectivity index (χ1) is 20.1. The Kier molecular flexibility index (Phi) is 8.15. The average Bonchev–Trinajstić information content (AvgIpc) is 3.52. The van der Waals surface area contributed by atoms with E-state index in [0.717, 1.165) is 11.3 Å². The topological polar surface area (TPSA) is 126 Å². The van der Waals surface area contributed by atoms with Crippen molar-refractivity contribution >= 4 is 40.7 Å². The Morgan fingerprint density at radius 3 is 2.62 bits per heavy atom. The quantitative estimate of drug-likeness (QED) is 0.149. The minimum atomic E-state index is -0.771. The van der Waals surface area contributed by atoms with E-state index < -0.39 is 16.9 Å². The number of carbonyl (C=O) groups excluding carboxylic acids is 1. The lowest BCUT2D eigenvalue weighted by atomic mass is 9.96. The van der Waals surface area contributed by atoms with Crippen molar-refractivity contribution in [2.24, 2.45) is 4.99 Å². The van der Waals surface area contributed by atoms with Gasteiger partial charge in [0, 0.05) is 17.7 Å².